The lowest BCUT2D eigenvalue weighted by molar-refractivity contribution is -0.118. The zero-order valence-electron chi connectivity index (χ0n) is 14.2. The second-order valence-corrected chi connectivity index (χ2v) is 5.57. The van der Waals surface area contributed by atoms with Gasteiger partial charge in [0.2, 0.25) is 0 Å². The normalized spacial score (nSPS) is 10.7. The molecule has 0 atom stereocenters. The largest absolute Gasteiger partial charge is 0.480 e. The maximum absolute atomic E-state index is 13.6. The van der Waals surface area contributed by atoms with Crippen molar-refractivity contribution in [3.05, 3.63) is 53.9 Å². The van der Waals surface area contributed by atoms with Crippen molar-refractivity contribution in [3.8, 4) is 11.4 Å². The first-order valence-electron chi connectivity index (χ1n) is 7.68. The molecule has 0 saturated carbocycles. The molecular weight excluding hydrogens is 325 g/mol. The van der Waals surface area contributed by atoms with E-state index in [0.717, 1.165) is 5.69 Å². The zero-order valence-corrected chi connectivity index (χ0v) is 14.2. The number of rotatable bonds is 5. The Balaban J connectivity index is 1.74. The molecule has 1 N–H and O–H groups in total. The number of anilines is 1. The van der Waals surface area contributed by atoms with E-state index < -0.39 is 11.7 Å². The number of nitrogens with zero attached hydrogens (tertiary/aromatic N) is 4. The minimum atomic E-state index is -0.453. The number of aromatic nitrogens is 4. The van der Waals surface area contributed by atoms with Gasteiger partial charge in [-0.3, -0.25) is 9.48 Å². The van der Waals surface area contributed by atoms with Gasteiger partial charge in [-0.2, -0.15) is 10.2 Å². The van der Waals surface area contributed by atoms with Crippen LogP contribution in [0.3, 0.4) is 0 Å². The molecule has 0 bridgehead atoms. The predicted molar refractivity (Wildman–Crippen MR) is 90.3 cm³/mol. The minimum absolute atomic E-state index is 0.206. The topological polar surface area (TPSA) is 74.0 Å². The number of benzene rings is 1. The Morgan fingerprint density at radius 3 is 2.80 bits per heavy atom. The molecule has 0 aliphatic heterocycles. The lowest BCUT2D eigenvalue weighted by atomic mass is 10.2. The van der Waals surface area contributed by atoms with Crippen molar-refractivity contribution in [1.29, 1.82) is 0 Å². The first-order chi connectivity index (χ1) is 12.0. The summed E-state index contributed by atoms with van der Waals surface area (Å²) < 4.78 is 22.4. The summed E-state index contributed by atoms with van der Waals surface area (Å²) in [5.41, 5.74) is 2.41. The van der Waals surface area contributed by atoms with Crippen LogP contribution in [0.1, 0.15) is 11.4 Å². The van der Waals surface area contributed by atoms with Gasteiger partial charge in [-0.05, 0) is 38.1 Å². The van der Waals surface area contributed by atoms with Gasteiger partial charge in [-0.1, -0.05) is 0 Å². The van der Waals surface area contributed by atoms with Crippen molar-refractivity contribution in [1.82, 2.24) is 19.6 Å². The van der Waals surface area contributed by atoms with Crippen LogP contribution >= 0.6 is 0 Å². The Morgan fingerprint density at radius 1 is 1.36 bits per heavy atom. The number of carbonyl (C=O) groups is 1. The number of aryl methyl sites for hydroxylation is 2. The Hall–Kier alpha value is -3.16. The van der Waals surface area contributed by atoms with Gasteiger partial charge in [0, 0.05) is 19.4 Å². The highest BCUT2D eigenvalue weighted by Crippen LogP contribution is 2.23. The van der Waals surface area contributed by atoms with Gasteiger partial charge in [0.25, 0.3) is 5.91 Å². The number of amides is 1. The third-order valence-corrected chi connectivity index (χ3v) is 3.77. The van der Waals surface area contributed by atoms with Crippen molar-refractivity contribution < 1.29 is 13.9 Å². The third kappa shape index (κ3) is 3.52. The molecule has 3 aromatic rings. The van der Waals surface area contributed by atoms with Gasteiger partial charge in [-0.15, -0.1) is 0 Å². The van der Waals surface area contributed by atoms with Crippen LogP contribution in [0.4, 0.5) is 10.1 Å². The summed E-state index contributed by atoms with van der Waals surface area (Å²) in [6.07, 6.45) is 3.31. The molecule has 3 rings (SSSR count). The second-order valence-electron chi connectivity index (χ2n) is 5.57. The van der Waals surface area contributed by atoms with E-state index in [2.05, 4.69) is 15.5 Å². The van der Waals surface area contributed by atoms with E-state index in [1.165, 1.54) is 12.1 Å². The van der Waals surface area contributed by atoms with E-state index in [1.54, 1.807) is 40.9 Å². The molecule has 0 spiro atoms. The van der Waals surface area contributed by atoms with Crippen LogP contribution in [-0.4, -0.2) is 32.1 Å². The summed E-state index contributed by atoms with van der Waals surface area (Å²) in [4.78, 5) is 12.2. The molecule has 0 aliphatic rings. The standard InChI is InChI=1S/C17H18FN5O2/c1-11-17(12(2)22(3)21-11)25-10-16(24)20-14-9-13(18)5-6-15(14)23-8-4-7-19-23/h4-9H,10H2,1-3H3,(H,20,24). The minimum Gasteiger partial charge on any atom is -0.480 e. The van der Waals surface area contributed by atoms with Crippen molar-refractivity contribution in [3.63, 3.8) is 0 Å². The molecule has 0 unspecified atom stereocenters. The molecule has 0 radical (unpaired) electrons. The monoisotopic (exact) mass is 343 g/mol. The van der Waals surface area contributed by atoms with E-state index in [9.17, 15) is 9.18 Å². The first kappa shape index (κ1) is 16.7. The molecule has 1 amide bonds. The molecule has 2 aromatic heterocycles. The van der Waals surface area contributed by atoms with Crippen LogP contribution < -0.4 is 10.1 Å². The number of halogens is 1. The predicted octanol–water partition coefficient (Wildman–Crippen LogP) is 2.38. The van der Waals surface area contributed by atoms with E-state index in [0.29, 0.717) is 22.8 Å². The Bertz CT molecular complexity index is 902. The van der Waals surface area contributed by atoms with Crippen LogP contribution in [0.5, 0.6) is 5.75 Å². The van der Waals surface area contributed by atoms with E-state index in [-0.39, 0.29) is 6.61 Å². The highest BCUT2D eigenvalue weighted by Gasteiger charge is 2.14. The molecular formula is C17H18FN5O2. The summed E-state index contributed by atoms with van der Waals surface area (Å²) in [6, 6.07) is 5.85. The van der Waals surface area contributed by atoms with E-state index in [1.807, 2.05) is 13.8 Å². The Morgan fingerprint density at radius 2 is 2.16 bits per heavy atom. The average Bonchev–Trinajstić information content (AvgIpc) is 3.16. The van der Waals surface area contributed by atoms with Crippen LogP contribution in [0.25, 0.3) is 5.69 Å². The van der Waals surface area contributed by atoms with Crippen LogP contribution in [0.2, 0.25) is 0 Å². The molecule has 8 heteroatoms. The van der Waals surface area contributed by atoms with Gasteiger partial charge in [0.1, 0.15) is 11.5 Å². The molecule has 25 heavy (non-hydrogen) atoms. The lowest BCUT2D eigenvalue weighted by Crippen LogP contribution is -2.21. The molecule has 7 nitrogen and oxygen atoms in total. The first-order valence-corrected chi connectivity index (χ1v) is 7.68. The fourth-order valence-corrected chi connectivity index (χ4v) is 2.51. The molecule has 0 saturated heterocycles. The summed E-state index contributed by atoms with van der Waals surface area (Å²) in [5, 5.41) is 11.0. The highest BCUT2D eigenvalue weighted by atomic mass is 19.1. The van der Waals surface area contributed by atoms with Crippen molar-refractivity contribution in [2.24, 2.45) is 7.05 Å². The number of nitrogens with one attached hydrogen (secondary N) is 1. The number of hydrogen-bond donors (Lipinski definition) is 1. The molecule has 2 heterocycles. The zero-order chi connectivity index (χ0) is 18.0. The summed E-state index contributed by atoms with van der Waals surface area (Å²) >= 11 is 0. The second kappa shape index (κ2) is 6.76. The summed E-state index contributed by atoms with van der Waals surface area (Å²) in [7, 11) is 1.80. The van der Waals surface area contributed by atoms with Gasteiger partial charge in [0.05, 0.1) is 17.1 Å². The van der Waals surface area contributed by atoms with Gasteiger partial charge < -0.3 is 10.1 Å². The Kier molecular flexibility index (Phi) is 4.51. The van der Waals surface area contributed by atoms with Crippen LogP contribution in [0.15, 0.2) is 36.7 Å². The highest BCUT2D eigenvalue weighted by molar-refractivity contribution is 5.93. The van der Waals surface area contributed by atoms with Crippen LogP contribution in [0, 0.1) is 19.7 Å². The maximum atomic E-state index is 13.6. The van der Waals surface area contributed by atoms with Gasteiger partial charge in [-0.25, -0.2) is 9.07 Å². The average molecular weight is 343 g/mol. The quantitative estimate of drug-likeness (QED) is 0.772. The van der Waals surface area contributed by atoms with Crippen molar-refractivity contribution >= 4 is 11.6 Å². The summed E-state index contributed by atoms with van der Waals surface area (Å²) in [6.45, 7) is 3.46. The van der Waals surface area contributed by atoms with Crippen molar-refractivity contribution in [2.45, 2.75) is 13.8 Å². The van der Waals surface area contributed by atoms with E-state index in [4.69, 9.17) is 4.74 Å². The van der Waals surface area contributed by atoms with Crippen LogP contribution in [-0.2, 0) is 11.8 Å². The maximum Gasteiger partial charge on any atom is 0.262 e. The number of carbonyl (C=O) groups excluding carboxylic acids is 1. The number of ether oxygens (including phenoxy) is 1. The number of hydrogen-bond acceptors (Lipinski definition) is 4. The van der Waals surface area contributed by atoms with Crippen molar-refractivity contribution in [2.75, 3.05) is 11.9 Å². The molecule has 0 fully saturated rings. The fraction of sp³-hybridized carbons (Fsp3) is 0.235. The van der Waals surface area contributed by atoms with Gasteiger partial charge in [0.15, 0.2) is 12.4 Å². The third-order valence-electron chi connectivity index (χ3n) is 3.77. The smallest absolute Gasteiger partial charge is 0.262 e. The molecule has 1 aromatic carbocycles. The van der Waals surface area contributed by atoms with Gasteiger partial charge >= 0.3 is 0 Å². The van der Waals surface area contributed by atoms with E-state index >= 15 is 0 Å². The molecule has 130 valence electrons. The Labute approximate surface area is 144 Å². The SMILES string of the molecule is Cc1nn(C)c(C)c1OCC(=O)Nc1cc(F)ccc1-n1cccn1. The summed E-state index contributed by atoms with van der Waals surface area (Å²) in [5.74, 6) is -0.281. The fourth-order valence-electron chi connectivity index (χ4n) is 2.51. The lowest BCUT2D eigenvalue weighted by Gasteiger charge is -2.12. The molecule has 0 aliphatic carbocycles.